The lowest BCUT2D eigenvalue weighted by molar-refractivity contribution is -0.121. The number of esters is 1. The average molecular weight is 640 g/mol. The Hall–Kier alpha value is -3.61. The van der Waals surface area contributed by atoms with Crippen LogP contribution in [0.1, 0.15) is 61.7 Å². The fourth-order valence-electron chi connectivity index (χ4n) is 6.08. The van der Waals surface area contributed by atoms with Crippen LogP contribution in [0.5, 0.6) is 0 Å². The standard InChI is InChI=1S/C32H41N5O5S2/c1-42-31(41)25-20-28(22-7-9-23(10-8-22)37-17-13-24(14-18-37)36-15-3-2-4-16-36)44-30(25)33-32(43)35-34-29(40)12-6-21-5-11-26(38)27(39)19-21/h7-11,19-21,24,38-39H,2-6,12-18H2,1H3,(H,34,40)(H2,33,35,43). The summed E-state index contributed by atoms with van der Waals surface area (Å²) in [4.78, 5) is 30.9. The van der Waals surface area contributed by atoms with Gasteiger partial charge in [-0.05, 0) is 106 Å². The monoisotopic (exact) mass is 639 g/mol. The second-order valence-electron chi connectivity index (χ2n) is 11.5. The van der Waals surface area contributed by atoms with E-state index in [4.69, 9.17) is 17.0 Å². The fraction of sp³-hybridized carbons (Fsp3) is 0.469. The third-order valence-corrected chi connectivity index (χ3v) is 9.88. The Kier molecular flexibility index (Phi) is 10.8. The van der Waals surface area contributed by atoms with Gasteiger partial charge in [-0.2, -0.15) is 0 Å². The number of piperidine rings is 2. The number of aliphatic hydroxyl groups excluding tert-OH is 2. The second kappa shape index (κ2) is 14.9. The Morgan fingerprint density at radius 3 is 2.43 bits per heavy atom. The van der Waals surface area contributed by atoms with Crippen LogP contribution in [0.3, 0.4) is 0 Å². The van der Waals surface area contributed by atoms with E-state index in [2.05, 4.69) is 50.2 Å². The Morgan fingerprint density at radius 1 is 1.02 bits per heavy atom. The third kappa shape index (κ3) is 8.10. The van der Waals surface area contributed by atoms with E-state index in [-0.39, 0.29) is 34.9 Å². The summed E-state index contributed by atoms with van der Waals surface area (Å²) < 4.78 is 5.00. The molecule has 12 heteroatoms. The minimum atomic E-state index is -0.487. The minimum Gasteiger partial charge on any atom is -0.504 e. The normalized spacial score (nSPS) is 19.5. The van der Waals surface area contributed by atoms with Gasteiger partial charge >= 0.3 is 5.97 Å². The lowest BCUT2D eigenvalue weighted by Gasteiger charge is -2.41. The van der Waals surface area contributed by atoms with Gasteiger partial charge in [-0.1, -0.05) is 18.6 Å². The molecular weight excluding hydrogens is 599 g/mol. The van der Waals surface area contributed by atoms with Gasteiger partial charge in [-0.25, -0.2) is 4.79 Å². The zero-order valence-corrected chi connectivity index (χ0v) is 26.6. The summed E-state index contributed by atoms with van der Waals surface area (Å²) in [5, 5.41) is 22.8. The maximum absolute atomic E-state index is 12.6. The first-order valence-corrected chi connectivity index (χ1v) is 16.5. The highest BCUT2D eigenvalue weighted by molar-refractivity contribution is 7.80. The van der Waals surface area contributed by atoms with Crippen molar-refractivity contribution < 1.29 is 24.5 Å². The highest BCUT2D eigenvalue weighted by Gasteiger charge is 2.26. The second-order valence-corrected chi connectivity index (χ2v) is 13.0. The summed E-state index contributed by atoms with van der Waals surface area (Å²) in [6, 6.07) is 10.9. The highest BCUT2D eigenvalue weighted by Crippen LogP contribution is 2.37. The van der Waals surface area contributed by atoms with Crippen molar-refractivity contribution in [1.29, 1.82) is 0 Å². The molecule has 2 saturated heterocycles. The number of thiophene rings is 1. The molecule has 1 aliphatic carbocycles. The smallest absolute Gasteiger partial charge is 0.340 e. The van der Waals surface area contributed by atoms with Crippen LogP contribution in [0, 0.1) is 5.92 Å². The molecule has 1 atom stereocenters. The molecule has 236 valence electrons. The molecule has 1 aromatic carbocycles. The van der Waals surface area contributed by atoms with Crippen LogP contribution in [-0.2, 0) is 9.53 Å². The van der Waals surface area contributed by atoms with E-state index in [1.165, 1.54) is 75.4 Å². The van der Waals surface area contributed by atoms with Gasteiger partial charge in [-0.15, -0.1) is 11.3 Å². The van der Waals surface area contributed by atoms with Gasteiger partial charge in [0, 0.05) is 36.1 Å². The topological polar surface area (TPSA) is 126 Å². The summed E-state index contributed by atoms with van der Waals surface area (Å²) in [5.74, 6) is -1.11. The average Bonchev–Trinajstić information content (AvgIpc) is 3.48. The molecular formula is C32H41N5O5S2. The summed E-state index contributed by atoms with van der Waals surface area (Å²) in [6.07, 6.45) is 10.8. The molecule has 2 fully saturated rings. The van der Waals surface area contributed by atoms with Gasteiger partial charge in [0.05, 0.1) is 12.7 Å². The Balaban J connectivity index is 1.14. The fourth-order valence-corrected chi connectivity index (χ4v) is 7.36. The number of amides is 1. The first-order chi connectivity index (χ1) is 21.3. The number of nitrogens with zero attached hydrogens (tertiary/aromatic N) is 2. The lowest BCUT2D eigenvalue weighted by Crippen LogP contribution is -2.46. The molecule has 3 heterocycles. The highest BCUT2D eigenvalue weighted by atomic mass is 32.1. The Morgan fingerprint density at radius 2 is 1.75 bits per heavy atom. The van der Waals surface area contributed by atoms with Gasteiger partial charge in [0.25, 0.3) is 0 Å². The van der Waals surface area contributed by atoms with Crippen molar-refractivity contribution in [3.05, 3.63) is 59.6 Å². The van der Waals surface area contributed by atoms with Gasteiger partial charge in [0.15, 0.2) is 16.6 Å². The summed E-state index contributed by atoms with van der Waals surface area (Å²) in [7, 11) is 1.34. The van der Waals surface area contributed by atoms with E-state index in [9.17, 15) is 19.8 Å². The van der Waals surface area contributed by atoms with Crippen molar-refractivity contribution in [2.24, 2.45) is 5.92 Å². The molecule has 44 heavy (non-hydrogen) atoms. The molecule has 0 spiro atoms. The van der Waals surface area contributed by atoms with Crippen molar-refractivity contribution in [1.82, 2.24) is 15.8 Å². The number of ether oxygens (including phenoxy) is 1. The molecule has 2 aromatic rings. The van der Waals surface area contributed by atoms with Crippen LogP contribution >= 0.6 is 23.6 Å². The SMILES string of the molecule is COC(=O)c1cc(-c2ccc(N3CCC(N4CCCCC4)CC3)cc2)sc1NC(=S)NNC(=O)CCC1C=C(O)C(O)=CC1. The van der Waals surface area contributed by atoms with Gasteiger partial charge in [-0.3, -0.25) is 15.6 Å². The van der Waals surface area contributed by atoms with E-state index in [1.54, 1.807) is 12.1 Å². The summed E-state index contributed by atoms with van der Waals surface area (Å²) >= 11 is 6.75. The molecule has 5 N–H and O–H groups in total. The zero-order valence-electron chi connectivity index (χ0n) is 25.0. The molecule has 1 amide bonds. The first-order valence-electron chi connectivity index (χ1n) is 15.3. The zero-order chi connectivity index (χ0) is 31.1. The number of benzene rings is 1. The lowest BCUT2D eigenvalue weighted by atomic mass is 9.94. The number of allylic oxidation sites excluding steroid dienone is 2. The maximum Gasteiger partial charge on any atom is 0.340 e. The number of rotatable bonds is 8. The number of hydrogen-bond acceptors (Lipinski definition) is 9. The number of methoxy groups -OCH3 is 1. The van der Waals surface area contributed by atoms with Crippen LogP contribution in [-0.4, -0.2) is 71.4 Å². The molecule has 2 aliphatic heterocycles. The maximum atomic E-state index is 12.6. The van der Waals surface area contributed by atoms with E-state index in [0.717, 1.165) is 23.5 Å². The number of hydrogen-bond donors (Lipinski definition) is 5. The minimum absolute atomic E-state index is 0.0420. The number of carbonyl (C=O) groups is 2. The number of aliphatic hydroxyl groups is 2. The van der Waals surface area contributed by atoms with Crippen LogP contribution in [0.15, 0.2) is 54.0 Å². The van der Waals surface area contributed by atoms with Crippen molar-refractivity contribution in [2.45, 2.75) is 57.4 Å². The molecule has 3 aliphatic rings. The number of carbonyl (C=O) groups excluding carboxylic acids is 2. The number of likely N-dealkylation sites (tertiary alicyclic amines) is 1. The van der Waals surface area contributed by atoms with Crippen molar-refractivity contribution in [2.75, 3.05) is 43.5 Å². The van der Waals surface area contributed by atoms with E-state index < -0.39 is 5.97 Å². The molecule has 0 bridgehead atoms. The third-order valence-electron chi connectivity index (χ3n) is 8.58. The van der Waals surface area contributed by atoms with Gasteiger partial charge in [0.2, 0.25) is 5.91 Å². The number of nitrogens with one attached hydrogen (secondary N) is 3. The Bertz CT molecular complexity index is 1390. The first kappa shape index (κ1) is 31.8. The molecule has 10 nitrogen and oxygen atoms in total. The van der Waals surface area contributed by atoms with Crippen molar-refractivity contribution in [3.8, 4) is 10.4 Å². The van der Waals surface area contributed by atoms with Crippen LogP contribution in [0.4, 0.5) is 10.7 Å². The van der Waals surface area contributed by atoms with Gasteiger partial charge < -0.3 is 30.1 Å². The molecule has 0 radical (unpaired) electrons. The largest absolute Gasteiger partial charge is 0.504 e. The predicted octanol–water partition coefficient (Wildman–Crippen LogP) is 5.66. The predicted molar refractivity (Wildman–Crippen MR) is 178 cm³/mol. The summed E-state index contributed by atoms with van der Waals surface area (Å²) in [5.41, 5.74) is 7.80. The van der Waals surface area contributed by atoms with Crippen molar-refractivity contribution in [3.63, 3.8) is 0 Å². The number of anilines is 2. The van der Waals surface area contributed by atoms with E-state index >= 15 is 0 Å². The van der Waals surface area contributed by atoms with Crippen LogP contribution < -0.4 is 21.1 Å². The van der Waals surface area contributed by atoms with Crippen molar-refractivity contribution >= 4 is 51.2 Å². The van der Waals surface area contributed by atoms with Crippen LogP contribution in [0.25, 0.3) is 10.4 Å². The molecule has 5 rings (SSSR count). The molecule has 1 unspecified atom stereocenters. The molecule has 1 aromatic heterocycles. The molecule has 0 saturated carbocycles. The number of thiocarbonyl (C=S) groups is 1. The number of hydrazine groups is 1. The summed E-state index contributed by atoms with van der Waals surface area (Å²) in [6.45, 7) is 4.61. The van der Waals surface area contributed by atoms with Gasteiger partial charge in [0.1, 0.15) is 5.00 Å². The quantitative estimate of drug-likeness (QED) is 0.140. The van der Waals surface area contributed by atoms with E-state index in [0.29, 0.717) is 29.4 Å². The Labute approximate surface area is 267 Å². The van der Waals surface area contributed by atoms with Crippen LogP contribution in [0.2, 0.25) is 0 Å². The van der Waals surface area contributed by atoms with E-state index in [1.807, 2.05) is 0 Å².